The minimum atomic E-state index is -0.344. The summed E-state index contributed by atoms with van der Waals surface area (Å²) in [4.78, 5) is 4.19. The number of allylic oxidation sites excluding steroid dienone is 2. The maximum atomic E-state index is 13.3. The second-order valence-corrected chi connectivity index (χ2v) is 6.94. The van der Waals surface area contributed by atoms with Gasteiger partial charge in [-0.3, -0.25) is 0 Å². The van der Waals surface area contributed by atoms with Gasteiger partial charge in [-0.2, -0.15) is 0 Å². The van der Waals surface area contributed by atoms with Crippen molar-refractivity contribution in [1.29, 1.82) is 0 Å². The lowest BCUT2D eigenvalue weighted by Crippen LogP contribution is -2.15. The van der Waals surface area contributed by atoms with Crippen molar-refractivity contribution in [2.75, 3.05) is 5.32 Å². The molecule has 1 atom stereocenters. The Morgan fingerprint density at radius 2 is 1.86 bits per heavy atom. The molecule has 0 spiro atoms. The molecule has 0 saturated carbocycles. The molecule has 3 heteroatoms. The summed E-state index contributed by atoms with van der Waals surface area (Å²) in [5.41, 5.74) is 7.12. The summed E-state index contributed by atoms with van der Waals surface area (Å²) in [6.07, 6.45) is 6.99. The van der Waals surface area contributed by atoms with Crippen LogP contribution in [0.2, 0.25) is 0 Å². The number of anilines is 1. The van der Waals surface area contributed by atoms with Crippen LogP contribution >= 0.6 is 0 Å². The van der Waals surface area contributed by atoms with Crippen molar-refractivity contribution < 1.29 is 4.39 Å². The molecular weight excluding hydrogens is 347 g/mol. The highest BCUT2D eigenvalue weighted by atomic mass is 19.1. The summed E-state index contributed by atoms with van der Waals surface area (Å²) in [7, 11) is 0. The van der Waals surface area contributed by atoms with Crippen molar-refractivity contribution in [3.8, 4) is 0 Å². The van der Waals surface area contributed by atoms with E-state index in [4.69, 9.17) is 0 Å². The molecule has 1 unspecified atom stereocenters. The highest BCUT2D eigenvalue weighted by Gasteiger charge is 2.18. The molecule has 0 aliphatic rings. The largest absolute Gasteiger partial charge is 0.359 e. The lowest BCUT2D eigenvalue weighted by molar-refractivity contribution is 0.621. The molecule has 142 valence electrons. The zero-order valence-corrected chi connectivity index (χ0v) is 16.5. The van der Waals surface area contributed by atoms with E-state index in [1.807, 2.05) is 12.2 Å². The van der Waals surface area contributed by atoms with Crippen LogP contribution in [-0.4, -0.2) is 4.98 Å². The standard InChI is InChI=1S/C25H25FN2/c1-5-6-9-20-11-12-21(15-18(20)3)25(23-10-7-8-17(2)19(23)4)28-24-14-13-22(26)16-27-24/h5-16,25H,1H2,2-4H3,(H,27,28)/b9-6-. The maximum absolute atomic E-state index is 13.3. The molecule has 0 amide bonds. The fourth-order valence-corrected chi connectivity index (χ4v) is 3.27. The van der Waals surface area contributed by atoms with Gasteiger partial charge in [0, 0.05) is 0 Å². The van der Waals surface area contributed by atoms with Crippen molar-refractivity contribution in [2.24, 2.45) is 0 Å². The molecule has 0 fully saturated rings. The molecule has 28 heavy (non-hydrogen) atoms. The molecule has 0 bridgehead atoms. The summed E-state index contributed by atoms with van der Waals surface area (Å²) < 4.78 is 13.3. The monoisotopic (exact) mass is 372 g/mol. The smallest absolute Gasteiger partial charge is 0.141 e. The molecule has 3 aromatic rings. The molecule has 0 aliphatic heterocycles. The van der Waals surface area contributed by atoms with E-state index in [1.165, 1.54) is 34.5 Å². The molecule has 1 heterocycles. The van der Waals surface area contributed by atoms with E-state index in [1.54, 1.807) is 12.1 Å². The molecule has 2 nitrogen and oxygen atoms in total. The summed E-state index contributed by atoms with van der Waals surface area (Å²) in [5.74, 6) is 0.295. The van der Waals surface area contributed by atoms with Crippen LogP contribution in [0.3, 0.4) is 0 Å². The highest BCUT2D eigenvalue weighted by molar-refractivity contribution is 5.57. The predicted octanol–water partition coefficient (Wildman–Crippen LogP) is 6.55. The summed E-state index contributed by atoms with van der Waals surface area (Å²) in [5, 5.41) is 3.48. The van der Waals surface area contributed by atoms with Crippen molar-refractivity contribution in [3.63, 3.8) is 0 Å². The van der Waals surface area contributed by atoms with Crippen LogP contribution in [0.25, 0.3) is 6.08 Å². The Morgan fingerprint density at radius 3 is 2.54 bits per heavy atom. The van der Waals surface area contributed by atoms with Gasteiger partial charge in [0.25, 0.3) is 0 Å². The van der Waals surface area contributed by atoms with Crippen molar-refractivity contribution in [3.05, 3.63) is 113 Å². The van der Waals surface area contributed by atoms with Crippen molar-refractivity contribution >= 4 is 11.9 Å². The topological polar surface area (TPSA) is 24.9 Å². The molecule has 0 saturated heterocycles. The summed E-state index contributed by atoms with van der Waals surface area (Å²) in [6.45, 7) is 10.1. The SMILES string of the molecule is C=C/C=C\c1ccc(C(Nc2ccc(F)cn2)c2cccc(C)c2C)cc1C. The number of pyridine rings is 1. The van der Waals surface area contributed by atoms with Gasteiger partial charge in [-0.05, 0) is 66.3 Å². The number of benzene rings is 2. The molecule has 2 aromatic carbocycles. The lowest BCUT2D eigenvalue weighted by atomic mass is 9.91. The maximum Gasteiger partial charge on any atom is 0.141 e. The Labute approximate surface area is 166 Å². The van der Waals surface area contributed by atoms with Crippen LogP contribution in [0.1, 0.15) is 39.4 Å². The molecule has 0 aliphatic carbocycles. The van der Waals surface area contributed by atoms with Crippen LogP contribution in [0.15, 0.2) is 73.5 Å². The van der Waals surface area contributed by atoms with E-state index < -0.39 is 0 Å². The first-order valence-electron chi connectivity index (χ1n) is 9.33. The van der Waals surface area contributed by atoms with Gasteiger partial charge in [0.05, 0.1) is 12.2 Å². The Balaban J connectivity index is 2.06. The first-order valence-corrected chi connectivity index (χ1v) is 9.33. The van der Waals surface area contributed by atoms with Gasteiger partial charge in [-0.25, -0.2) is 9.37 Å². The first kappa shape index (κ1) is 19.6. The Kier molecular flexibility index (Phi) is 6.05. The van der Waals surface area contributed by atoms with Crippen LogP contribution in [0.4, 0.5) is 10.2 Å². The van der Waals surface area contributed by atoms with Crippen LogP contribution < -0.4 is 5.32 Å². The number of nitrogens with zero attached hydrogens (tertiary/aromatic N) is 1. The first-order chi connectivity index (χ1) is 13.5. The second-order valence-electron chi connectivity index (χ2n) is 6.94. The van der Waals surface area contributed by atoms with Crippen molar-refractivity contribution in [2.45, 2.75) is 26.8 Å². The number of hydrogen-bond acceptors (Lipinski definition) is 2. The Hall–Kier alpha value is -3.20. The minimum absolute atomic E-state index is 0.0889. The van der Waals surface area contributed by atoms with Gasteiger partial charge in [0.15, 0.2) is 0 Å². The normalized spacial score (nSPS) is 12.1. The van der Waals surface area contributed by atoms with Crippen molar-refractivity contribution in [1.82, 2.24) is 4.98 Å². The zero-order valence-electron chi connectivity index (χ0n) is 16.5. The lowest BCUT2D eigenvalue weighted by Gasteiger charge is -2.24. The van der Waals surface area contributed by atoms with Gasteiger partial charge in [-0.1, -0.05) is 61.2 Å². The average Bonchev–Trinajstić information content (AvgIpc) is 2.69. The third kappa shape index (κ3) is 4.37. The van der Waals surface area contributed by atoms with E-state index in [9.17, 15) is 4.39 Å². The van der Waals surface area contributed by atoms with E-state index in [-0.39, 0.29) is 11.9 Å². The third-order valence-electron chi connectivity index (χ3n) is 5.02. The van der Waals surface area contributed by atoms with Crippen LogP contribution in [0.5, 0.6) is 0 Å². The second kappa shape index (κ2) is 8.66. The van der Waals surface area contributed by atoms with E-state index in [0.717, 1.165) is 11.1 Å². The predicted molar refractivity (Wildman–Crippen MR) is 116 cm³/mol. The fourth-order valence-electron chi connectivity index (χ4n) is 3.27. The summed E-state index contributed by atoms with van der Waals surface area (Å²) >= 11 is 0. The van der Waals surface area contributed by atoms with Gasteiger partial charge in [0.1, 0.15) is 11.6 Å². The number of aryl methyl sites for hydroxylation is 2. The number of nitrogens with one attached hydrogen (secondary N) is 1. The van der Waals surface area contributed by atoms with E-state index >= 15 is 0 Å². The van der Waals surface area contributed by atoms with Gasteiger partial charge in [0.2, 0.25) is 0 Å². The van der Waals surface area contributed by atoms with Gasteiger partial charge in [-0.15, -0.1) is 0 Å². The number of rotatable bonds is 6. The van der Waals surface area contributed by atoms with E-state index in [0.29, 0.717) is 5.82 Å². The molecule has 1 N–H and O–H groups in total. The minimum Gasteiger partial charge on any atom is -0.359 e. The molecular formula is C25H25FN2. The fraction of sp³-hybridized carbons (Fsp3) is 0.160. The number of hydrogen-bond donors (Lipinski definition) is 1. The summed E-state index contributed by atoms with van der Waals surface area (Å²) in [6, 6.07) is 15.7. The third-order valence-corrected chi connectivity index (χ3v) is 5.02. The Bertz CT molecular complexity index is 1000. The number of halogens is 1. The molecule has 1 aromatic heterocycles. The van der Waals surface area contributed by atoms with E-state index in [2.05, 4.69) is 74.0 Å². The van der Waals surface area contributed by atoms with Crippen LogP contribution in [-0.2, 0) is 0 Å². The highest BCUT2D eigenvalue weighted by Crippen LogP contribution is 2.31. The average molecular weight is 372 g/mol. The Morgan fingerprint density at radius 1 is 1.04 bits per heavy atom. The zero-order chi connectivity index (χ0) is 20.1. The molecule has 0 radical (unpaired) electrons. The van der Waals surface area contributed by atoms with Crippen LogP contribution in [0, 0.1) is 26.6 Å². The quantitative estimate of drug-likeness (QED) is 0.497. The number of aromatic nitrogens is 1. The van der Waals surface area contributed by atoms with Gasteiger partial charge >= 0.3 is 0 Å². The van der Waals surface area contributed by atoms with Gasteiger partial charge < -0.3 is 5.32 Å². The molecule has 3 rings (SSSR count).